The first-order chi connectivity index (χ1) is 18.1. The number of aromatic nitrogens is 2. The van der Waals surface area contributed by atoms with Crippen LogP contribution in [0.25, 0.3) is 11.0 Å². The maximum absolute atomic E-state index is 13.2. The second kappa shape index (κ2) is 10.8. The van der Waals surface area contributed by atoms with Gasteiger partial charge in [-0.1, -0.05) is 24.7 Å². The molecule has 0 bridgehead atoms. The molecule has 0 saturated heterocycles. The number of pyridine rings is 1. The maximum atomic E-state index is 13.2. The van der Waals surface area contributed by atoms with Crippen LogP contribution in [0.4, 0.5) is 15.9 Å². The summed E-state index contributed by atoms with van der Waals surface area (Å²) >= 11 is 0. The fourth-order valence-corrected chi connectivity index (χ4v) is 4.70. The van der Waals surface area contributed by atoms with Gasteiger partial charge in [-0.2, -0.15) is 0 Å². The molecule has 2 aromatic heterocycles. The molecule has 2 N–H and O–H groups in total. The summed E-state index contributed by atoms with van der Waals surface area (Å²) in [5, 5.41) is 6.43. The van der Waals surface area contributed by atoms with Crippen LogP contribution in [0.2, 0.25) is 0 Å². The van der Waals surface area contributed by atoms with Gasteiger partial charge in [0.1, 0.15) is 27.5 Å². The first-order valence-corrected chi connectivity index (χ1v) is 12.6. The molecule has 0 unspecified atom stereocenters. The number of ether oxygens (including phenoxy) is 3. The Balaban J connectivity index is 1.61. The molecule has 4 aromatic rings. The number of benzene rings is 2. The lowest BCUT2D eigenvalue weighted by Crippen LogP contribution is -2.15. The fourth-order valence-electron chi connectivity index (χ4n) is 3.47. The zero-order valence-corrected chi connectivity index (χ0v) is 21.4. The number of carbonyl (C=O) groups is 1. The van der Waals surface area contributed by atoms with E-state index in [1.807, 2.05) is 6.92 Å². The van der Waals surface area contributed by atoms with Gasteiger partial charge < -0.3 is 24.1 Å². The van der Waals surface area contributed by atoms with Crippen molar-refractivity contribution in [3.63, 3.8) is 0 Å². The van der Waals surface area contributed by atoms with Crippen molar-refractivity contribution in [2.24, 2.45) is 0 Å². The maximum Gasteiger partial charge on any atom is 0.283 e. The fraction of sp³-hybridized carbons (Fsp3) is 0.160. The van der Waals surface area contributed by atoms with Crippen LogP contribution in [0.3, 0.4) is 0 Å². The van der Waals surface area contributed by atoms with Gasteiger partial charge in [0, 0.05) is 18.2 Å². The lowest BCUT2D eigenvalue weighted by molar-refractivity contribution is -0.114. The minimum Gasteiger partial charge on any atom is -0.496 e. The normalized spacial score (nSPS) is 11.2. The predicted octanol–water partition coefficient (Wildman–Crippen LogP) is 4.82. The highest BCUT2D eigenvalue weighted by atomic mass is 32.2. The van der Waals surface area contributed by atoms with Gasteiger partial charge in [0.25, 0.3) is 15.9 Å². The Morgan fingerprint density at radius 2 is 1.87 bits per heavy atom. The molecule has 0 atom stereocenters. The van der Waals surface area contributed by atoms with Crippen LogP contribution < -0.4 is 24.2 Å². The highest BCUT2D eigenvalue weighted by Crippen LogP contribution is 2.38. The Morgan fingerprint density at radius 3 is 2.50 bits per heavy atom. The first-order valence-electron chi connectivity index (χ1n) is 11.1. The molecule has 2 aromatic carbocycles. The molecular formula is C25H23FN4O7S. The Hall–Kier alpha value is -4.65. The summed E-state index contributed by atoms with van der Waals surface area (Å²) in [6.07, 6.45) is 1.91. The number of methoxy groups -OCH3 is 2. The zero-order chi connectivity index (χ0) is 27.4. The van der Waals surface area contributed by atoms with E-state index in [4.69, 9.17) is 18.7 Å². The standard InChI is InChI=1S/C25H23FN4O7S/c1-5-15-6-8-18(34-3)21(10-15)38(32,33)30-24-23-19(35-4)11-17(12-20(23)37-29-24)36-22-9-7-16(13-27-22)28-25(31)14(2)26/h6-13H,2,5H2,1,3-4H3,(H,28,31)(H,29,30). The zero-order valence-electron chi connectivity index (χ0n) is 20.6. The predicted molar refractivity (Wildman–Crippen MR) is 137 cm³/mol. The Labute approximate surface area is 217 Å². The van der Waals surface area contributed by atoms with Crippen molar-refractivity contribution in [1.29, 1.82) is 0 Å². The topological polar surface area (TPSA) is 142 Å². The molecular weight excluding hydrogens is 519 g/mol. The third kappa shape index (κ3) is 5.52. The molecule has 4 rings (SSSR count). The van der Waals surface area contributed by atoms with Gasteiger partial charge in [-0.15, -0.1) is 0 Å². The summed E-state index contributed by atoms with van der Waals surface area (Å²) in [7, 11) is -1.33. The van der Waals surface area contributed by atoms with E-state index in [2.05, 4.69) is 26.8 Å². The lowest BCUT2D eigenvalue weighted by atomic mass is 10.2. The van der Waals surface area contributed by atoms with Crippen molar-refractivity contribution in [2.75, 3.05) is 24.3 Å². The molecule has 2 heterocycles. The number of hydrogen-bond donors (Lipinski definition) is 2. The SMILES string of the molecule is C=C(F)C(=O)Nc1ccc(Oc2cc(OC)c3c(NS(=O)(=O)c4cc(CC)ccc4OC)noc3c2)nc1. The van der Waals surface area contributed by atoms with Gasteiger partial charge >= 0.3 is 0 Å². The number of fused-ring (bicyclic) bond motifs is 1. The summed E-state index contributed by atoms with van der Waals surface area (Å²) < 4.78 is 63.6. The van der Waals surface area contributed by atoms with E-state index in [1.165, 1.54) is 50.7 Å². The smallest absolute Gasteiger partial charge is 0.283 e. The van der Waals surface area contributed by atoms with Crippen molar-refractivity contribution < 1.29 is 36.3 Å². The number of halogens is 1. The van der Waals surface area contributed by atoms with Crippen LogP contribution in [-0.4, -0.2) is 38.7 Å². The summed E-state index contributed by atoms with van der Waals surface area (Å²) in [6, 6.07) is 10.8. The third-order valence-corrected chi connectivity index (χ3v) is 6.71. The number of amides is 1. The number of aryl methyl sites for hydroxylation is 1. The van der Waals surface area contributed by atoms with Crippen molar-refractivity contribution in [3.8, 4) is 23.1 Å². The minimum absolute atomic E-state index is 0.0454. The van der Waals surface area contributed by atoms with Crippen LogP contribution in [0.5, 0.6) is 23.1 Å². The molecule has 198 valence electrons. The summed E-state index contributed by atoms with van der Waals surface area (Å²) in [5.74, 6) is -1.41. The monoisotopic (exact) mass is 542 g/mol. The molecule has 0 radical (unpaired) electrons. The average Bonchev–Trinajstić information content (AvgIpc) is 3.30. The van der Waals surface area contributed by atoms with Crippen molar-refractivity contribution in [3.05, 3.63) is 66.6 Å². The third-order valence-electron chi connectivity index (χ3n) is 5.35. The number of rotatable bonds is 10. The molecule has 38 heavy (non-hydrogen) atoms. The molecule has 0 saturated carbocycles. The van der Waals surface area contributed by atoms with Crippen molar-refractivity contribution in [1.82, 2.24) is 10.1 Å². The summed E-state index contributed by atoms with van der Waals surface area (Å²) in [4.78, 5) is 15.4. The number of sulfonamides is 1. The van der Waals surface area contributed by atoms with Crippen molar-refractivity contribution in [2.45, 2.75) is 18.2 Å². The Kier molecular flexibility index (Phi) is 7.48. The van der Waals surface area contributed by atoms with E-state index in [0.717, 1.165) is 5.56 Å². The number of hydrogen-bond acceptors (Lipinski definition) is 9. The van der Waals surface area contributed by atoms with Crippen LogP contribution in [0.15, 0.2) is 70.5 Å². The quantitative estimate of drug-likeness (QED) is 0.270. The second-order valence-corrected chi connectivity index (χ2v) is 9.47. The average molecular weight is 543 g/mol. The summed E-state index contributed by atoms with van der Waals surface area (Å²) in [6.45, 7) is 4.83. The number of nitrogens with one attached hydrogen (secondary N) is 2. The Bertz CT molecular complexity index is 1620. The van der Waals surface area contributed by atoms with Crippen molar-refractivity contribution >= 4 is 38.4 Å². The van der Waals surface area contributed by atoms with Gasteiger partial charge in [0.15, 0.2) is 17.2 Å². The molecule has 13 heteroatoms. The van der Waals surface area contributed by atoms with Gasteiger partial charge in [-0.05, 0) is 30.2 Å². The summed E-state index contributed by atoms with van der Waals surface area (Å²) in [5.41, 5.74) is 1.23. The molecule has 1 amide bonds. The van der Waals surface area contributed by atoms with Crippen LogP contribution in [-0.2, 0) is 21.2 Å². The molecule has 0 fully saturated rings. The first kappa shape index (κ1) is 26.4. The molecule has 0 spiro atoms. The number of carbonyl (C=O) groups excluding carboxylic acids is 1. The van der Waals surface area contributed by atoms with E-state index in [0.29, 0.717) is 6.42 Å². The highest BCUT2D eigenvalue weighted by Gasteiger charge is 2.25. The largest absolute Gasteiger partial charge is 0.496 e. The van der Waals surface area contributed by atoms with Gasteiger partial charge in [-0.3, -0.25) is 9.52 Å². The highest BCUT2D eigenvalue weighted by molar-refractivity contribution is 7.92. The van der Waals surface area contributed by atoms with Crippen LogP contribution in [0, 0.1) is 0 Å². The lowest BCUT2D eigenvalue weighted by Gasteiger charge is -2.12. The van der Waals surface area contributed by atoms with Gasteiger partial charge in [0.2, 0.25) is 5.88 Å². The van der Waals surface area contributed by atoms with Crippen LogP contribution in [0.1, 0.15) is 12.5 Å². The van der Waals surface area contributed by atoms with E-state index < -0.39 is 21.8 Å². The van der Waals surface area contributed by atoms with E-state index in [-0.39, 0.29) is 50.5 Å². The van der Waals surface area contributed by atoms with E-state index in [9.17, 15) is 17.6 Å². The minimum atomic E-state index is -4.11. The van der Waals surface area contributed by atoms with E-state index >= 15 is 0 Å². The molecule has 11 nitrogen and oxygen atoms in total. The Morgan fingerprint density at radius 1 is 1.11 bits per heavy atom. The number of nitrogens with zero attached hydrogens (tertiary/aromatic N) is 2. The second-order valence-electron chi connectivity index (χ2n) is 7.82. The van der Waals surface area contributed by atoms with Gasteiger partial charge in [-0.25, -0.2) is 17.8 Å². The van der Waals surface area contributed by atoms with Crippen LogP contribution >= 0.6 is 0 Å². The van der Waals surface area contributed by atoms with E-state index in [1.54, 1.807) is 12.1 Å². The molecule has 0 aliphatic carbocycles. The van der Waals surface area contributed by atoms with Gasteiger partial charge in [0.05, 0.1) is 26.1 Å². The number of anilines is 2. The molecule has 0 aliphatic heterocycles. The molecule has 0 aliphatic rings.